The maximum Gasteiger partial charge on any atom is 0.344 e. The van der Waals surface area contributed by atoms with Gasteiger partial charge in [0.15, 0.2) is 6.61 Å². The van der Waals surface area contributed by atoms with Crippen LogP contribution in [0.4, 0.5) is 5.69 Å². The van der Waals surface area contributed by atoms with E-state index in [1.54, 1.807) is 24.3 Å². The molecule has 2 N–H and O–H groups in total. The molecule has 0 amide bonds. The second-order valence-electron chi connectivity index (χ2n) is 4.60. The summed E-state index contributed by atoms with van der Waals surface area (Å²) in [6.07, 6.45) is 1.90. The number of benzene rings is 1. The summed E-state index contributed by atoms with van der Waals surface area (Å²) in [5.74, 6) is 0.676. The van der Waals surface area contributed by atoms with E-state index in [1.807, 2.05) is 0 Å². The van der Waals surface area contributed by atoms with Crippen molar-refractivity contribution in [3.8, 4) is 5.75 Å². The summed E-state index contributed by atoms with van der Waals surface area (Å²) in [6, 6.07) is 6.90. The summed E-state index contributed by atoms with van der Waals surface area (Å²) >= 11 is 0. The minimum absolute atomic E-state index is 0.0763. The molecular weight excluding hydrogens is 246 g/mol. The molecule has 0 atom stereocenters. The maximum absolute atomic E-state index is 11.5. The third kappa shape index (κ3) is 4.79. The van der Waals surface area contributed by atoms with Gasteiger partial charge in [-0.25, -0.2) is 4.79 Å². The van der Waals surface area contributed by atoms with Crippen LogP contribution in [0.3, 0.4) is 0 Å². The number of nitrogen functional groups attached to an aromatic ring is 1. The molecular formula is C14H19NO4. The van der Waals surface area contributed by atoms with Gasteiger partial charge in [-0.3, -0.25) is 0 Å². The molecule has 0 radical (unpaired) electrons. The van der Waals surface area contributed by atoms with E-state index in [0.29, 0.717) is 24.0 Å². The molecule has 1 aromatic rings. The zero-order valence-corrected chi connectivity index (χ0v) is 10.8. The predicted molar refractivity (Wildman–Crippen MR) is 70.9 cm³/mol. The van der Waals surface area contributed by atoms with Gasteiger partial charge in [-0.1, -0.05) is 0 Å². The highest BCUT2D eigenvalue weighted by molar-refractivity contribution is 5.71. The molecule has 5 nitrogen and oxygen atoms in total. The fourth-order valence-electron chi connectivity index (χ4n) is 1.87. The highest BCUT2D eigenvalue weighted by Crippen LogP contribution is 2.15. The highest BCUT2D eigenvalue weighted by atomic mass is 16.6. The average Bonchev–Trinajstić information content (AvgIpc) is 2.45. The molecule has 1 fully saturated rings. The minimum atomic E-state index is -0.344. The van der Waals surface area contributed by atoms with Gasteiger partial charge in [-0.2, -0.15) is 0 Å². The largest absolute Gasteiger partial charge is 0.482 e. The number of carbonyl (C=O) groups excluding carboxylic acids is 1. The number of ether oxygens (including phenoxy) is 3. The first kappa shape index (κ1) is 13.7. The van der Waals surface area contributed by atoms with Crippen LogP contribution in [0.1, 0.15) is 12.8 Å². The number of nitrogens with two attached hydrogens (primary N) is 1. The van der Waals surface area contributed by atoms with Gasteiger partial charge in [-0.15, -0.1) is 0 Å². The number of rotatable bonds is 5. The summed E-state index contributed by atoms with van der Waals surface area (Å²) < 4.78 is 15.7. The van der Waals surface area contributed by atoms with Crippen molar-refractivity contribution >= 4 is 11.7 Å². The Morgan fingerprint density at radius 3 is 2.63 bits per heavy atom. The molecule has 5 heteroatoms. The summed E-state index contributed by atoms with van der Waals surface area (Å²) in [4.78, 5) is 11.5. The number of anilines is 1. The van der Waals surface area contributed by atoms with Crippen molar-refractivity contribution in [2.75, 3.05) is 32.2 Å². The lowest BCUT2D eigenvalue weighted by Gasteiger charge is -2.21. The summed E-state index contributed by atoms with van der Waals surface area (Å²) in [6.45, 7) is 1.88. The van der Waals surface area contributed by atoms with Crippen LogP contribution >= 0.6 is 0 Å². The molecule has 0 bridgehead atoms. The van der Waals surface area contributed by atoms with Crippen LogP contribution in [-0.2, 0) is 14.3 Å². The Kier molecular flexibility index (Phi) is 5.03. The normalized spacial score (nSPS) is 16.0. The van der Waals surface area contributed by atoms with Gasteiger partial charge in [0.1, 0.15) is 5.75 Å². The zero-order chi connectivity index (χ0) is 13.5. The molecule has 0 unspecified atom stereocenters. The third-order valence-corrected chi connectivity index (χ3v) is 3.06. The van der Waals surface area contributed by atoms with Crippen LogP contribution in [-0.4, -0.2) is 32.4 Å². The van der Waals surface area contributed by atoms with Gasteiger partial charge in [-0.05, 0) is 43.0 Å². The molecule has 1 aliphatic heterocycles. The lowest BCUT2D eigenvalue weighted by molar-refractivity contribution is -0.148. The van der Waals surface area contributed by atoms with E-state index in [0.717, 1.165) is 26.1 Å². The fraction of sp³-hybridized carbons (Fsp3) is 0.500. The molecule has 0 aliphatic carbocycles. The fourth-order valence-corrected chi connectivity index (χ4v) is 1.87. The van der Waals surface area contributed by atoms with Gasteiger partial charge >= 0.3 is 5.97 Å². The minimum Gasteiger partial charge on any atom is -0.482 e. The molecule has 1 saturated heterocycles. The first-order valence-corrected chi connectivity index (χ1v) is 6.46. The topological polar surface area (TPSA) is 70.8 Å². The second kappa shape index (κ2) is 6.99. The van der Waals surface area contributed by atoms with Crippen LogP contribution in [0.2, 0.25) is 0 Å². The summed E-state index contributed by atoms with van der Waals surface area (Å²) in [5.41, 5.74) is 6.22. The summed E-state index contributed by atoms with van der Waals surface area (Å²) in [7, 11) is 0. The molecule has 104 valence electrons. The molecule has 2 rings (SSSR count). The zero-order valence-electron chi connectivity index (χ0n) is 10.8. The van der Waals surface area contributed by atoms with Crippen molar-refractivity contribution in [3.05, 3.63) is 24.3 Å². The third-order valence-electron chi connectivity index (χ3n) is 3.06. The standard InChI is InChI=1S/C14H19NO4/c15-12-1-3-13(4-2-12)18-10-14(16)19-9-11-5-7-17-8-6-11/h1-4,11H,5-10,15H2. The number of esters is 1. The Hall–Kier alpha value is -1.75. The monoisotopic (exact) mass is 265 g/mol. The molecule has 0 spiro atoms. The van der Waals surface area contributed by atoms with Crippen LogP contribution in [0.25, 0.3) is 0 Å². The first-order chi connectivity index (χ1) is 9.24. The summed E-state index contributed by atoms with van der Waals surface area (Å²) in [5, 5.41) is 0. The number of carbonyl (C=O) groups is 1. The molecule has 19 heavy (non-hydrogen) atoms. The van der Waals surface area contributed by atoms with E-state index in [9.17, 15) is 4.79 Å². The smallest absolute Gasteiger partial charge is 0.344 e. The van der Waals surface area contributed by atoms with Crippen molar-refractivity contribution < 1.29 is 19.0 Å². The van der Waals surface area contributed by atoms with Crippen molar-refractivity contribution in [1.82, 2.24) is 0 Å². The Balaban J connectivity index is 1.65. The molecule has 1 aromatic carbocycles. The van der Waals surface area contributed by atoms with Gasteiger partial charge < -0.3 is 19.9 Å². The lowest BCUT2D eigenvalue weighted by Crippen LogP contribution is -2.24. The van der Waals surface area contributed by atoms with E-state index in [2.05, 4.69) is 0 Å². The predicted octanol–water partition coefficient (Wildman–Crippen LogP) is 1.62. The Labute approximate surface area is 112 Å². The van der Waals surface area contributed by atoms with Crippen molar-refractivity contribution in [1.29, 1.82) is 0 Å². The molecule has 1 heterocycles. The lowest BCUT2D eigenvalue weighted by atomic mass is 10.0. The van der Waals surface area contributed by atoms with E-state index in [4.69, 9.17) is 19.9 Å². The van der Waals surface area contributed by atoms with Gasteiger partial charge in [0.2, 0.25) is 0 Å². The van der Waals surface area contributed by atoms with E-state index in [-0.39, 0.29) is 12.6 Å². The van der Waals surface area contributed by atoms with Crippen LogP contribution in [0.5, 0.6) is 5.75 Å². The van der Waals surface area contributed by atoms with Crippen LogP contribution in [0.15, 0.2) is 24.3 Å². The van der Waals surface area contributed by atoms with Crippen molar-refractivity contribution in [2.24, 2.45) is 5.92 Å². The number of hydrogen-bond donors (Lipinski definition) is 1. The number of hydrogen-bond acceptors (Lipinski definition) is 5. The van der Waals surface area contributed by atoms with E-state index < -0.39 is 0 Å². The average molecular weight is 265 g/mol. The first-order valence-electron chi connectivity index (χ1n) is 6.46. The van der Waals surface area contributed by atoms with Crippen LogP contribution in [0, 0.1) is 5.92 Å². The van der Waals surface area contributed by atoms with Gasteiger partial charge in [0.05, 0.1) is 6.61 Å². The molecule has 0 aromatic heterocycles. The molecule has 1 aliphatic rings. The SMILES string of the molecule is Nc1ccc(OCC(=O)OCC2CCOCC2)cc1. The Morgan fingerprint density at radius 1 is 1.26 bits per heavy atom. The second-order valence-corrected chi connectivity index (χ2v) is 4.60. The molecule has 0 saturated carbocycles. The Morgan fingerprint density at radius 2 is 1.95 bits per heavy atom. The van der Waals surface area contributed by atoms with Gasteiger partial charge in [0, 0.05) is 18.9 Å². The highest BCUT2D eigenvalue weighted by Gasteiger charge is 2.16. The van der Waals surface area contributed by atoms with E-state index in [1.165, 1.54) is 0 Å². The maximum atomic E-state index is 11.5. The van der Waals surface area contributed by atoms with E-state index >= 15 is 0 Å². The van der Waals surface area contributed by atoms with Crippen molar-refractivity contribution in [3.63, 3.8) is 0 Å². The van der Waals surface area contributed by atoms with Crippen molar-refractivity contribution in [2.45, 2.75) is 12.8 Å². The quantitative estimate of drug-likeness (QED) is 0.647. The van der Waals surface area contributed by atoms with Gasteiger partial charge in [0.25, 0.3) is 0 Å². The van der Waals surface area contributed by atoms with Crippen LogP contribution < -0.4 is 10.5 Å². The Bertz CT molecular complexity index is 398.